The fourth-order valence-corrected chi connectivity index (χ4v) is 6.18. The van der Waals surface area contributed by atoms with E-state index in [2.05, 4.69) is 10.6 Å². The lowest BCUT2D eigenvalue weighted by molar-refractivity contribution is -0.129. The molecule has 1 aliphatic heterocycles. The SMILES string of the molecule is Cc1ccc(C(=O)N2CC(C(=O)N[C@H]3CC4(NC(=O)COc5ccc(Cl)c(F)c5)CC3C4)Oc3ccc(Cl)cc32)o1. The first-order valence-electron chi connectivity index (χ1n) is 13.1. The maximum atomic E-state index is 13.6. The lowest BCUT2D eigenvalue weighted by Crippen LogP contribution is -2.53. The second kappa shape index (κ2) is 10.6. The van der Waals surface area contributed by atoms with Crippen LogP contribution in [0.4, 0.5) is 10.1 Å². The van der Waals surface area contributed by atoms with Crippen molar-refractivity contribution in [3.63, 3.8) is 0 Å². The van der Waals surface area contributed by atoms with Crippen molar-refractivity contribution in [3.8, 4) is 11.5 Å². The van der Waals surface area contributed by atoms with Crippen molar-refractivity contribution >= 4 is 46.6 Å². The van der Waals surface area contributed by atoms with Gasteiger partial charge in [-0.1, -0.05) is 23.2 Å². The minimum atomic E-state index is -0.958. The van der Waals surface area contributed by atoms with Crippen LogP contribution in [-0.4, -0.2) is 48.6 Å². The molecule has 0 spiro atoms. The zero-order valence-electron chi connectivity index (χ0n) is 21.9. The number of aryl methyl sites for hydroxylation is 1. The Morgan fingerprint density at radius 2 is 1.90 bits per heavy atom. The topological polar surface area (TPSA) is 110 Å². The predicted octanol–water partition coefficient (Wildman–Crippen LogP) is 4.67. The highest BCUT2D eigenvalue weighted by Gasteiger charge is 2.57. The number of fused-ring (bicyclic) bond motifs is 2. The maximum Gasteiger partial charge on any atom is 0.294 e. The van der Waals surface area contributed by atoms with Gasteiger partial charge in [-0.25, -0.2) is 4.39 Å². The van der Waals surface area contributed by atoms with Gasteiger partial charge in [-0.05, 0) is 74.6 Å². The Hall–Kier alpha value is -3.76. The highest BCUT2D eigenvalue weighted by atomic mass is 35.5. The molecule has 0 saturated heterocycles. The largest absolute Gasteiger partial charge is 0.484 e. The molecule has 1 aromatic heterocycles. The molecule has 4 aliphatic rings. The second-order valence-electron chi connectivity index (χ2n) is 10.7. The van der Waals surface area contributed by atoms with Gasteiger partial charge in [0.1, 0.15) is 23.1 Å². The first-order valence-corrected chi connectivity index (χ1v) is 13.9. The molecule has 2 bridgehead atoms. The summed E-state index contributed by atoms with van der Waals surface area (Å²) in [4.78, 5) is 40.7. The van der Waals surface area contributed by atoms with E-state index in [1.807, 2.05) is 0 Å². The van der Waals surface area contributed by atoms with Gasteiger partial charge >= 0.3 is 0 Å². The van der Waals surface area contributed by atoms with Crippen LogP contribution in [0.5, 0.6) is 11.5 Å². The van der Waals surface area contributed by atoms with Crippen molar-refractivity contribution in [2.75, 3.05) is 18.1 Å². The predicted molar refractivity (Wildman–Crippen MR) is 148 cm³/mol. The normalized spacial score (nSPS) is 24.1. The quantitative estimate of drug-likeness (QED) is 0.407. The van der Waals surface area contributed by atoms with Crippen LogP contribution in [0.1, 0.15) is 35.6 Å². The first kappa shape index (κ1) is 27.4. The van der Waals surface area contributed by atoms with E-state index in [1.165, 1.54) is 17.0 Å². The number of carbonyl (C=O) groups is 3. The Kier molecular flexibility index (Phi) is 7.07. The Morgan fingerprint density at radius 1 is 1.10 bits per heavy atom. The van der Waals surface area contributed by atoms with Gasteiger partial charge in [0.05, 0.1) is 17.3 Å². The molecule has 2 heterocycles. The van der Waals surface area contributed by atoms with Crippen molar-refractivity contribution in [1.29, 1.82) is 0 Å². The molecule has 3 aromatic rings. The van der Waals surface area contributed by atoms with Gasteiger partial charge in [0.15, 0.2) is 18.5 Å². The summed E-state index contributed by atoms with van der Waals surface area (Å²) in [5, 5.41) is 6.48. The van der Waals surface area contributed by atoms with E-state index in [9.17, 15) is 18.8 Å². The standard InChI is InChI=1S/C29H26Cl2FN3O6/c1-15-2-6-24(40-15)28(38)35-13-25(41-23-7-3-17(30)8-22(23)35)27(37)33-21-12-29(10-16(21)11-29)34-26(36)14-39-18-4-5-19(31)20(32)9-18/h2-9,16,21,25H,10-14H2,1H3,(H,33,37)(H,34,36)/t16?,21-,25?,29?/m0/s1. The molecule has 2 N–H and O–H groups in total. The summed E-state index contributed by atoms with van der Waals surface area (Å²) in [7, 11) is 0. The van der Waals surface area contributed by atoms with Crippen LogP contribution in [0, 0.1) is 18.7 Å². The lowest BCUT2D eigenvalue weighted by atomic mass is 9.76. The van der Waals surface area contributed by atoms with Crippen LogP contribution in [0.3, 0.4) is 0 Å². The summed E-state index contributed by atoms with van der Waals surface area (Å²) in [5.74, 6) is -0.226. The summed E-state index contributed by atoms with van der Waals surface area (Å²) in [6, 6.07) is 12.0. The van der Waals surface area contributed by atoms with Gasteiger partial charge < -0.3 is 24.5 Å². The van der Waals surface area contributed by atoms with Crippen LogP contribution in [0.25, 0.3) is 0 Å². The minimum Gasteiger partial charge on any atom is -0.484 e. The number of hydrogen-bond acceptors (Lipinski definition) is 6. The number of benzene rings is 2. The molecule has 214 valence electrons. The summed E-state index contributed by atoms with van der Waals surface area (Å²) in [6.07, 6.45) is 1.03. The molecule has 3 amide bonds. The second-order valence-corrected chi connectivity index (χ2v) is 11.6. The third-order valence-corrected chi connectivity index (χ3v) is 8.34. The Morgan fingerprint density at radius 3 is 2.63 bits per heavy atom. The van der Waals surface area contributed by atoms with Crippen LogP contribution in [-0.2, 0) is 9.59 Å². The zero-order chi connectivity index (χ0) is 28.9. The molecule has 41 heavy (non-hydrogen) atoms. The van der Waals surface area contributed by atoms with Gasteiger partial charge in [-0.15, -0.1) is 0 Å². The average Bonchev–Trinajstić information content (AvgIpc) is 3.60. The number of rotatable bonds is 7. The van der Waals surface area contributed by atoms with Crippen molar-refractivity contribution in [2.45, 2.75) is 43.9 Å². The Labute approximate surface area is 244 Å². The molecular formula is C29H26Cl2FN3O6. The summed E-state index contributed by atoms with van der Waals surface area (Å²) in [6.45, 7) is 1.44. The highest BCUT2D eigenvalue weighted by Crippen LogP contribution is 2.52. The Bertz CT molecular complexity index is 1540. The molecule has 12 heteroatoms. The number of furan rings is 1. The fraction of sp³-hybridized carbons (Fsp3) is 0.345. The number of carbonyl (C=O) groups excluding carboxylic acids is 3. The third kappa shape index (κ3) is 5.46. The first-order chi connectivity index (χ1) is 19.6. The van der Waals surface area contributed by atoms with Gasteiger partial charge in [-0.2, -0.15) is 0 Å². The van der Waals surface area contributed by atoms with E-state index in [0.717, 1.165) is 6.07 Å². The number of nitrogens with zero attached hydrogens (tertiary/aromatic N) is 1. The molecule has 3 saturated carbocycles. The molecule has 9 nitrogen and oxygen atoms in total. The zero-order valence-corrected chi connectivity index (χ0v) is 23.4. The fourth-order valence-electron chi connectivity index (χ4n) is 5.89. The number of amides is 3. The van der Waals surface area contributed by atoms with Crippen LogP contribution < -0.4 is 25.0 Å². The van der Waals surface area contributed by atoms with Crippen LogP contribution >= 0.6 is 23.2 Å². The molecular weight excluding hydrogens is 576 g/mol. The minimum absolute atomic E-state index is 0.0281. The lowest BCUT2D eigenvalue weighted by Gasteiger charge is -2.39. The number of nitrogens with one attached hydrogen (secondary N) is 2. The van der Waals surface area contributed by atoms with Crippen molar-refractivity contribution in [2.24, 2.45) is 5.92 Å². The van der Waals surface area contributed by atoms with E-state index in [1.54, 1.807) is 37.3 Å². The number of ether oxygens (including phenoxy) is 2. The van der Waals surface area contributed by atoms with Gasteiger partial charge in [0.25, 0.3) is 17.7 Å². The molecule has 3 fully saturated rings. The van der Waals surface area contributed by atoms with E-state index in [-0.39, 0.29) is 53.5 Å². The molecule has 1 unspecified atom stereocenters. The molecule has 0 radical (unpaired) electrons. The highest BCUT2D eigenvalue weighted by molar-refractivity contribution is 6.31. The number of anilines is 1. The molecule has 2 aromatic carbocycles. The number of halogens is 3. The van der Waals surface area contributed by atoms with E-state index in [0.29, 0.717) is 41.5 Å². The van der Waals surface area contributed by atoms with E-state index >= 15 is 0 Å². The molecule has 7 rings (SSSR count). The third-order valence-electron chi connectivity index (χ3n) is 7.80. The smallest absolute Gasteiger partial charge is 0.294 e. The van der Waals surface area contributed by atoms with Crippen molar-refractivity contribution in [3.05, 3.63) is 75.9 Å². The van der Waals surface area contributed by atoms with Gasteiger partial charge in [-0.3, -0.25) is 19.3 Å². The van der Waals surface area contributed by atoms with E-state index < -0.39 is 23.4 Å². The molecule has 2 atom stereocenters. The van der Waals surface area contributed by atoms with Crippen molar-refractivity contribution in [1.82, 2.24) is 10.6 Å². The Balaban J connectivity index is 1.07. The van der Waals surface area contributed by atoms with Crippen LogP contribution in [0.15, 0.2) is 52.9 Å². The average molecular weight is 602 g/mol. The van der Waals surface area contributed by atoms with Crippen LogP contribution in [0.2, 0.25) is 10.0 Å². The molecule has 3 aliphatic carbocycles. The maximum absolute atomic E-state index is 13.6. The van der Waals surface area contributed by atoms with Gasteiger partial charge in [0.2, 0.25) is 0 Å². The summed E-state index contributed by atoms with van der Waals surface area (Å²) < 4.78 is 30.5. The monoisotopic (exact) mass is 601 g/mol. The van der Waals surface area contributed by atoms with Crippen molar-refractivity contribution < 1.29 is 32.7 Å². The summed E-state index contributed by atoms with van der Waals surface area (Å²) >= 11 is 11.9. The van der Waals surface area contributed by atoms with E-state index in [4.69, 9.17) is 37.1 Å². The summed E-state index contributed by atoms with van der Waals surface area (Å²) in [5.41, 5.74) is 0.0125. The van der Waals surface area contributed by atoms with Gasteiger partial charge in [0, 0.05) is 22.7 Å². The number of hydrogen-bond donors (Lipinski definition) is 2.